The van der Waals surface area contributed by atoms with Crippen LogP contribution < -0.4 is 10.6 Å². The van der Waals surface area contributed by atoms with Gasteiger partial charge in [0.05, 0.1) is 5.56 Å². The zero-order valence-electron chi connectivity index (χ0n) is 14.5. The number of hydrogen-bond donors (Lipinski definition) is 2. The van der Waals surface area contributed by atoms with Gasteiger partial charge in [-0.05, 0) is 43.2 Å². The lowest BCUT2D eigenvalue weighted by atomic mass is 9.89. The van der Waals surface area contributed by atoms with Gasteiger partial charge in [0.1, 0.15) is 0 Å². The van der Waals surface area contributed by atoms with E-state index in [4.69, 9.17) is 0 Å². The molecule has 2 aliphatic rings. The summed E-state index contributed by atoms with van der Waals surface area (Å²) in [6, 6.07) is 7.95. The Hall–Kier alpha value is -2.04. The summed E-state index contributed by atoms with van der Waals surface area (Å²) >= 11 is 0. The average molecular weight is 329 g/mol. The quantitative estimate of drug-likeness (QED) is 0.872. The maximum Gasteiger partial charge on any atom is 0.255 e. The van der Waals surface area contributed by atoms with Gasteiger partial charge in [-0.3, -0.25) is 9.59 Å². The van der Waals surface area contributed by atoms with Gasteiger partial charge in [0, 0.05) is 38.3 Å². The summed E-state index contributed by atoms with van der Waals surface area (Å²) in [6.07, 6.45) is 3.55. The molecule has 130 valence electrons. The maximum atomic E-state index is 13.0. The molecule has 1 aliphatic carbocycles. The molecule has 3 atom stereocenters. The Balaban J connectivity index is 1.70. The predicted octanol–water partition coefficient (Wildman–Crippen LogP) is 2.50. The Morgan fingerprint density at radius 2 is 2.04 bits per heavy atom. The zero-order chi connectivity index (χ0) is 17.1. The first-order valence-electron chi connectivity index (χ1n) is 8.97. The molecule has 24 heavy (non-hydrogen) atoms. The van der Waals surface area contributed by atoms with Crippen LogP contribution in [0.25, 0.3) is 0 Å². The van der Waals surface area contributed by atoms with Crippen LogP contribution in [0.5, 0.6) is 0 Å². The van der Waals surface area contributed by atoms with E-state index in [1.165, 1.54) is 0 Å². The highest BCUT2D eigenvalue weighted by Gasteiger charge is 2.40. The summed E-state index contributed by atoms with van der Waals surface area (Å²) in [5.74, 6) is 1.15. The van der Waals surface area contributed by atoms with Gasteiger partial charge in [0.15, 0.2) is 0 Å². The van der Waals surface area contributed by atoms with E-state index in [1.54, 1.807) is 0 Å². The molecule has 0 bridgehead atoms. The van der Waals surface area contributed by atoms with Crippen LogP contribution in [0.2, 0.25) is 0 Å². The van der Waals surface area contributed by atoms with Crippen LogP contribution in [0.1, 0.15) is 43.0 Å². The standard InChI is InChI=1S/C19H27N3O2/c1-3-8-20-17-7-5-4-6-16(17)19(24)22(2)15-9-13-11-18(23)21-12-14(13)10-15/h4-7,13-15,20H,3,8-12H2,1-2H3,(H,21,23)/t13-,14-,15?/m1/s1. The summed E-state index contributed by atoms with van der Waals surface area (Å²) in [4.78, 5) is 26.5. The Bertz CT molecular complexity index is 616. The normalized spacial score (nSPS) is 25.8. The Labute approximate surface area is 143 Å². The van der Waals surface area contributed by atoms with Crippen LogP contribution in [0, 0.1) is 11.8 Å². The van der Waals surface area contributed by atoms with E-state index in [9.17, 15) is 9.59 Å². The number of para-hydroxylation sites is 1. The van der Waals surface area contributed by atoms with Crippen molar-refractivity contribution in [2.24, 2.45) is 11.8 Å². The van der Waals surface area contributed by atoms with Crippen LogP contribution in [0.4, 0.5) is 5.69 Å². The van der Waals surface area contributed by atoms with Gasteiger partial charge in [-0.25, -0.2) is 0 Å². The molecule has 1 heterocycles. The minimum absolute atomic E-state index is 0.0668. The Morgan fingerprint density at radius 3 is 2.83 bits per heavy atom. The van der Waals surface area contributed by atoms with Crippen LogP contribution in [0.15, 0.2) is 24.3 Å². The smallest absolute Gasteiger partial charge is 0.255 e. The van der Waals surface area contributed by atoms with E-state index in [1.807, 2.05) is 36.2 Å². The third-order valence-electron chi connectivity index (χ3n) is 5.42. The summed E-state index contributed by atoms with van der Waals surface area (Å²) < 4.78 is 0. The van der Waals surface area contributed by atoms with Gasteiger partial charge >= 0.3 is 0 Å². The number of anilines is 1. The number of piperidine rings is 1. The second kappa shape index (κ2) is 7.24. The van der Waals surface area contributed by atoms with Gasteiger partial charge in [-0.2, -0.15) is 0 Å². The van der Waals surface area contributed by atoms with Crippen LogP contribution >= 0.6 is 0 Å². The Kier molecular flexibility index (Phi) is 5.07. The molecule has 0 aromatic heterocycles. The fourth-order valence-electron chi connectivity index (χ4n) is 3.99. The summed E-state index contributed by atoms with van der Waals surface area (Å²) in [5.41, 5.74) is 1.64. The van der Waals surface area contributed by atoms with E-state index < -0.39 is 0 Å². The minimum atomic E-state index is 0.0668. The average Bonchev–Trinajstić information content (AvgIpc) is 3.02. The van der Waals surface area contributed by atoms with Gasteiger partial charge in [0.25, 0.3) is 5.91 Å². The van der Waals surface area contributed by atoms with E-state index in [0.717, 1.165) is 43.6 Å². The number of fused-ring (bicyclic) bond motifs is 1. The molecule has 5 heteroatoms. The largest absolute Gasteiger partial charge is 0.384 e. The lowest BCUT2D eigenvalue weighted by Crippen LogP contribution is -2.38. The molecule has 1 aromatic rings. The fourth-order valence-corrected chi connectivity index (χ4v) is 3.99. The molecule has 3 rings (SSSR count). The molecular weight excluding hydrogens is 302 g/mol. The van der Waals surface area contributed by atoms with E-state index in [0.29, 0.717) is 18.3 Å². The molecular formula is C19H27N3O2. The summed E-state index contributed by atoms with van der Waals surface area (Å²) in [5, 5.41) is 6.30. The van der Waals surface area contributed by atoms with Crippen molar-refractivity contribution in [1.82, 2.24) is 10.2 Å². The molecule has 5 nitrogen and oxygen atoms in total. The highest BCUT2D eigenvalue weighted by Crippen LogP contribution is 2.38. The highest BCUT2D eigenvalue weighted by atomic mass is 16.2. The molecule has 1 saturated carbocycles. The highest BCUT2D eigenvalue weighted by molar-refractivity contribution is 5.99. The molecule has 2 fully saturated rings. The van der Waals surface area contributed by atoms with Gasteiger partial charge in [-0.1, -0.05) is 19.1 Å². The maximum absolute atomic E-state index is 13.0. The fraction of sp³-hybridized carbons (Fsp3) is 0.579. The molecule has 1 aromatic carbocycles. The lowest BCUT2D eigenvalue weighted by molar-refractivity contribution is -0.124. The molecule has 2 N–H and O–H groups in total. The number of carbonyl (C=O) groups excluding carboxylic acids is 2. The first-order chi connectivity index (χ1) is 11.6. The first-order valence-corrected chi connectivity index (χ1v) is 8.97. The number of hydrogen-bond acceptors (Lipinski definition) is 3. The topological polar surface area (TPSA) is 61.4 Å². The number of amides is 2. The van der Waals surface area contributed by atoms with Gasteiger partial charge < -0.3 is 15.5 Å². The van der Waals surface area contributed by atoms with Crippen molar-refractivity contribution >= 4 is 17.5 Å². The molecule has 1 unspecified atom stereocenters. The number of nitrogens with one attached hydrogen (secondary N) is 2. The molecule has 1 saturated heterocycles. The predicted molar refractivity (Wildman–Crippen MR) is 94.9 cm³/mol. The van der Waals surface area contributed by atoms with Crippen molar-refractivity contribution in [1.29, 1.82) is 0 Å². The second-order valence-electron chi connectivity index (χ2n) is 7.04. The number of benzene rings is 1. The molecule has 1 aliphatic heterocycles. The van der Waals surface area contributed by atoms with E-state index in [-0.39, 0.29) is 17.9 Å². The van der Waals surface area contributed by atoms with Gasteiger partial charge in [-0.15, -0.1) is 0 Å². The van der Waals surface area contributed by atoms with Crippen LogP contribution in [-0.2, 0) is 4.79 Å². The number of nitrogens with zero attached hydrogens (tertiary/aromatic N) is 1. The van der Waals surface area contributed by atoms with Crippen molar-refractivity contribution in [3.05, 3.63) is 29.8 Å². The van der Waals surface area contributed by atoms with Crippen molar-refractivity contribution in [3.8, 4) is 0 Å². The Morgan fingerprint density at radius 1 is 1.29 bits per heavy atom. The monoisotopic (exact) mass is 329 g/mol. The van der Waals surface area contributed by atoms with E-state index >= 15 is 0 Å². The van der Waals surface area contributed by atoms with Crippen molar-refractivity contribution in [2.75, 3.05) is 25.5 Å². The van der Waals surface area contributed by atoms with Crippen molar-refractivity contribution in [3.63, 3.8) is 0 Å². The van der Waals surface area contributed by atoms with E-state index in [2.05, 4.69) is 17.6 Å². The van der Waals surface area contributed by atoms with Crippen molar-refractivity contribution < 1.29 is 9.59 Å². The minimum Gasteiger partial charge on any atom is -0.384 e. The molecule has 0 radical (unpaired) electrons. The first kappa shape index (κ1) is 16.8. The number of rotatable bonds is 5. The van der Waals surface area contributed by atoms with Gasteiger partial charge in [0.2, 0.25) is 5.91 Å². The van der Waals surface area contributed by atoms with Crippen molar-refractivity contribution in [2.45, 2.75) is 38.6 Å². The lowest BCUT2D eigenvalue weighted by Gasteiger charge is -2.26. The third kappa shape index (κ3) is 3.40. The van der Waals surface area contributed by atoms with Crippen LogP contribution in [-0.4, -0.2) is 42.9 Å². The zero-order valence-corrected chi connectivity index (χ0v) is 14.5. The number of carbonyl (C=O) groups is 2. The van der Waals surface area contributed by atoms with Crippen LogP contribution in [0.3, 0.4) is 0 Å². The molecule has 2 amide bonds. The molecule has 0 spiro atoms. The second-order valence-corrected chi connectivity index (χ2v) is 7.04. The third-order valence-corrected chi connectivity index (χ3v) is 5.42. The summed E-state index contributed by atoms with van der Waals surface area (Å²) in [6.45, 7) is 3.73. The SMILES string of the molecule is CCCNc1ccccc1C(=O)N(C)C1C[C@@H]2CNC(=O)C[C@H]2C1. The summed E-state index contributed by atoms with van der Waals surface area (Å²) in [7, 11) is 1.90.